The number of rotatable bonds is 2. The van der Waals surface area contributed by atoms with Gasteiger partial charge in [0.15, 0.2) is 5.54 Å². The smallest absolute Gasteiger partial charge is 0.324 e. The third-order valence-corrected chi connectivity index (χ3v) is 4.62. The van der Waals surface area contributed by atoms with Gasteiger partial charge < -0.3 is 4.90 Å². The molecular formula is C18H17F3N2O. The summed E-state index contributed by atoms with van der Waals surface area (Å²) in [7, 11) is 0. The number of pyridine rings is 1. The molecular weight excluding hydrogens is 317 g/mol. The molecule has 126 valence electrons. The number of carbonyl (C=O) groups is 1. The van der Waals surface area contributed by atoms with Crippen molar-refractivity contribution in [2.24, 2.45) is 0 Å². The Morgan fingerprint density at radius 2 is 2.00 bits per heavy atom. The molecule has 0 N–H and O–H groups in total. The standard InChI is InChI=1S/C18H17F3N2O/c1-17(18(19,20)21)15-7-3-2-6-14(15)8-10-23(17)16(24)11-13-5-4-9-22-12-13/h2-7,9,12H,8,10-11H2,1H3/t17-/m1/s1. The van der Waals surface area contributed by atoms with Gasteiger partial charge in [0.05, 0.1) is 6.42 Å². The lowest BCUT2D eigenvalue weighted by Gasteiger charge is -2.46. The topological polar surface area (TPSA) is 33.2 Å². The number of hydrogen-bond donors (Lipinski definition) is 0. The van der Waals surface area contributed by atoms with E-state index >= 15 is 0 Å². The molecule has 0 aliphatic carbocycles. The van der Waals surface area contributed by atoms with Gasteiger partial charge in [-0.2, -0.15) is 13.2 Å². The van der Waals surface area contributed by atoms with Crippen molar-refractivity contribution in [3.05, 3.63) is 65.5 Å². The summed E-state index contributed by atoms with van der Waals surface area (Å²) >= 11 is 0. The van der Waals surface area contributed by atoms with Crippen molar-refractivity contribution in [1.29, 1.82) is 0 Å². The molecule has 0 unspecified atom stereocenters. The van der Waals surface area contributed by atoms with Gasteiger partial charge in [0.2, 0.25) is 5.91 Å². The normalized spacial score (nSPS) is 20.6. The summed E-state index contributed by atoms with van der Waals surface area (Å²) in [6.45, 7) is 1.14. The molecule has 1 amide bonds. The number of amides is 1. The van der Waals surface area contributed by atoms with Crippen LogP contribution in [0.3, 0.4) is 0 Å². The maximum atomic E-state index is 13.9. The predicted molar refractivity (Wildman–Crippen MR) is 83.2 cm³/mol. The minimum Gasteiger partial charge on any atom is -0.324 e. The van der Waals surface area contributed by atoms with Crippen molar-refractivity contribution < 1.29 is 18.0 Å². The molecule has 0 bridgehead atoms. The molecule has 1 aromatic heterocycles. The lowest BCUT2D eigenvalue weighted by molar-refractivity contribution is -0.233. The molecule has 3 rings (SSSR count). The number of benzene rings is 1. The van der Waals surface area contributed by atoms with E-state index in [1.54, 1.807) is 36.5 Å². The monoisotopic (exact) mass is 334 g/mol. The van der Waals surface area contributed by atoms with Gasteiger partial charge in [-0.25, -0.2) is 0 Å². The van der Waals surface area contributed by atoms with Gasteiger partial charge in [-0.3, -0.25) is 9.78 Å². The summed E-state index contributed by atoms with van der Waals surface area (Å²) in [4.78, 5) is 17.5. The summed E-state index contributed by atoms with van der Waals surface area (Å²) in [6.07, 6.45) is -1.18. The van der Waals surface area contributed by atoms with Crippen LogP contribution in [0, 0.1) is 0 Å². The first-order chi connectivity index (χ1) is 11.3. The third-order valence-electron chi connectivity index (χ3n) is 4.62. The van der Waals surface area contributed by atoms with Crippen LogP contribution in [0.2, 0.25) is 0 Å². The summed E-state index contributed by atoms with van der Waals surface area (Å²) in [6, 6.07) is 9.82. The Hall–Kier alpha value is -2.37. The van der Waals surface area contributed by atoms with E-state index in [9.17, 15) is 18.0 Å². The van der Waals surface area contributed by atoms with Crippen LogP contribution in [0.1, 0.15) is 23.6 Å². The molecule has 6 heteroatoms. The number of halogens is 3. The highest BCUT2D eigenvalue weighted by molar-refractivity contribution is 5.80. The van der Waals surface area contributed by atoms with Crippen LogP contribution >= 0.6 is 0 Å². The minimum atomic E-state index is -4.56. The van der Waals surface area contributed by atoms with Gasteiger partial charge in [0, 0.05) is 18.9 Å². The zero-order valence-corrected chi connectivity index (χ0v) is 13.2. The number of aromatic nitrogens is 1. The third kappa shape index (κ3) is 2.66. The highest BCUT2D eigenvalue weighted by atomic mass is 19.4. The number of hydrogen-bond acceptors (Lipinski definition) is 2. The first kappa shape index (κ1) is 16.5. The molecule has 1 atom stereocenters. The van der Waals surface area contributed by atoms with Crippen LogP contribution in [0.5, 0.6) is 0 Å². The minimum absolute atomic E-state index is 0.0477. The molecule has 3 nitrogen and oxygen atoms in total. The maximum absolute atomic E-state index is 13.9. The molecule has 1 aliphatic heterocycles. The molecule has 0 saturated carbocycles. The Labute approximate surface area is 138 Å². The highest BCUT2D eigenvalue weighted by Gasteiger charge is 2.59. The van der Waals surface area contributed by atoms with Crippen molar-refractivity contribution in [1.82, 2.24) is 9.88 Å². The largest absolute Gasteiger partial charge is 0.415 e. The second-order valence-electron chi connectivity index (χ2n) is 6.06. The van der Waals surface area contributed by atoms with Crippen molar-refractivity contribution in [3.8, 4) is 0 Å². The average Bonchev–Trinajstić information content (AvgIpc) is 2.55. The molecule has 0 saturated heterocycles. The molecule has 1 aromatic carbocycles. The Morgan fingerprint density at radius 3 is 2.67 bits per heavy atom. The number of fused-ring (bicyclic) bond motifs is 1. The average molecular weight is 334 g/mol. The van der Waals surface area contributed by atoms with Crippen molar-refractivity contribution in [2.45, 2.75) is 31.5 Å². The molecule has 1 aliphatic rings. The van der Waals surface area contributed by atoms with E-state index in [1.165, 1.54) is 12.3 Å². The van der Waals surface area contributed by atoms with E-state index in [2.05, 4.69) is 4.98 Å². The summed E-state index contributed by atoms with van der Waals surface area (Å²) in [5.41, 5.74) is -0.918. The van der Waals surface area contributed by atoms with E-state index in [0.717, 1.165) is 11.8 Å². The number of carbonyl (C=O) groups excluding carboxylic acids is 1. The van der Waals surface area contributed by atoms with E-state index in [-0.39, 0.29) is 18.5 Å². The Bertz CT molecular complexity index is 745. The van der Waals surface area contributed by atoms with Crippen molar-refractivity contribution in [2.75, 3.05) is 6.54 Å². The van der Waals surface area contributed by atoms with Crippen molar-refractivity contribution >= 4 is 5.91 Å². The zero-order chi connectivity index (χ0) is 17.4. The summed E-state index contributed by atoms with van der Waals surface area (Å²) < 4.78 is 41.8. The number of nitrogens with zero attached hydrogens (tertiary/aromatic N) is 2. The SMILES string of the molecule is C[C@]1(C(F)(F)F)c2ccccc2CCN1C(=O)Cc1cccnc1. The van der Waals surface area contributed by atoms with Crippen LogP contribution < -0.4 is 0 Å². The van der Waals surface area contributed by atoms with Gasteiger partial charge in [-0.15, -0.1) is 0 Å². The first-order valence-corrected chi connectivity index (χ1v) is 7.68. The predicted octanol–water partition coefficient (Wildman–Crippen LogP) is 3.49. The van der Waals surface area contributed by atoms with E-state index in [4.69, 9.17) is 0 Å². The van der Waals surface area contributed by atoms with Gasteiger partial charge in [-0.05, 0) is 36.1 Å². The molecule has 24 heavy (non-hydrogen) atoms. The van der Waals surface area contributed by atoms with E-state index in [1.807, 2.05) is 0 Å². The first-order valence-electron chi connectivity index (χ1n) is 7.68. The fraction of sp³-hybridized carbons (Fsp3) is 0.333. The Balaban J connectivity index is 2.00. The van der Waals surface area contributed by atoms with E-state index < -0.39 is 17.6 Å². The van der Waals surface area contributed by atoms with Gasteiger partial charge >= 0.3 is 6.18 Å². The molecule has 0 fully saturated rings. The van der Waals surface area contributed by atoms with Crippen LogP contribution in [-0.2, 0) is 23.2 Å². The van der Waals surface area contributed by atoms with Gasteiger partial charge in [-0.1, -0.05) is 30.3 Å². The molecule has 2 heterocycles. The fourth-order valence-corrected chi connectivity index (χ4v) is 3.27. The highest BCUT2D eigenvalue weighted by Crippen LogP contribution is 2.47. The molecule has 0 spiro atoms. The summed E-state index contributed by atoms with van der Waals surface area (Å²) in [5.74, 6) is -0.544. The molecule has 2 aromatic rings. The molecule has 0 radical (unpaired) electrons. The quantitative estimate of drug-likeness (QED) is 0.842. The lowest BCUT2D eigenvalue weighted by Crippen LogP contribution is -2.59. The van der Waals surface area contributed by atoms with Crippen molar-refractivity contribution in [3.63, 3.8) is 0 Å². The van der Waals surface area contributed by atoms with Crippen LogP contribution in [0.15, 0.2) is 48.8 Å². The van der Waals surface area contributed by atoms with Crippen LogP contribution in [-0.4, -0.2) is 28.5 Å². The zero-order valence-electron chi connectivity index (χ0n) is 13.2. The Morgan fingerprint density at radius 1 is 1.25 bits per heavy atom. The van der Waals surface area contributed by atoms with Crippen LogP contribution in [0.25, 0.3) is 0 Å². The maximum Gasteiger partial charge on any atom is 0.415 e. The fourth-order valence-electron chi connectivity index (χ4n) is 3.27. The van der Waals surface area contributed by atoms with E-state index in [0.29, 0.717) is 17.5 Å². The summed E-state index contributed by atoms with van der Waals surface area (Å²) in [5, 5.41) is 0. The van der Waals surface area contributed by atoms with Gasteiger partial charge in [0.25, 0.3) is 0 Å². The lowest BCUT2D eigenvalue weighted by atomic mass is 9.81. The second-order valence-corrected chi connectivity index (χ2v) is 6.06. The Kier molecular flexibility index (Phi) is 4.07. The number of alkyl halides is 3. The second kappa shape index (κ2) is 5.92. The van der Waals surface area contributed by atoms with Gasteiger partial charge in [0.1, 0.15) is 0 Å². The van der Waals surface area contributed by atoms with Crippen LogP contribution in [0.4, 0.5) is 13.2 Å².